The molecule has 0 fully saturated rings. The van der Waals surface area contributed by atoms with E-state index in [2.05, 4.69) is 15.8 Å². The second-order valence-corrected chi connectivity index (χ2v) is 5.28. The first-order chi connectivity index (χ1) is 11.6. The number of aromatic hydroxyl groups is 1. The molecule has 2 aromatic rings. The van der Waals surface area contributed by atoms with Gasteiger partial charge in [-0.15, -0.1) is 0 Å². The molecule has 0 atom stereocenters. The van der Waals surface area contributed by atoms with Crippen LogP contribution in [0.25, 0.3) is 0 Å². The summed E-state index contributed by atoms with van der Waals surface area (Å²) < 4.78 is 10.5. The van der Waals surface area contributed by atoms with Gasteiger partial charge in [0.05, 0.1) is 12.8 Å². The van der Waals surface area contributed by atoms with Crippen molar-refractivity contribution in [2.75, 3.05) is 18.7 Å². The van der Waals surface area contributed by atoms with Crippen LogP contribution < -0.4 is 20.2 Å². The van der Waals surface area contributed by atoms with Crippen LogP contribution in [0.3, 0.4) is 0 Å². The number of phenols is 1. The molecule has 0 unspecified atom stereocenters. The SMILES string of the molecule is Cc1ccc(O)c(/C=N\NC(=O)CNc2ccc3c(c2)OCO3)c1. The van der Waals surface area contributed by atoms with Gasteiger partial charge in [-0.05, 0) is 31.2 Å². The predicted molar refractivity (Wildman–Crippen MR) is 89.6 cm³/mol. The number of anilines is 1. The Balaban J connectivity index is 1.51. The number of carbonyl (C=O) groups excluding carboxylic acids is 1. The molecule has 7 nitrogen and oxygen atoms in total. The topological polar surface area (TPSA) is 92.2 Å². The van der Waals surface area contributed by atoms with E-state index >= 15 is 0 Å². The third kappa shape index (κ3) is 3.75. The summed E-state index contributed by atoms with van der Waals surface area (Å²) in [5.41, 5.74) is 4.68. The van der Waals surface area contributed by atoms with Crippen LogP contribution in [0, 0.1) is 6.92 Å². The quantitative estimate of drug-likeness (QED) is 0.577. The minimum absolute atomic E-state index is 0.0524. The lowest BCUT2D eigenvalue weighted by Crippen LogP contribution is -2.25. The van der Waals surface area contributed by atoms with E-state index in [-0.39, 0.29) is 25.0 Å². The number of aryl methyl sites for hydroxylation is 1. The predicted octanol–water partition coefficient (Wildman–Crippen LogP) is 1.99. The number of amides is 1. The lowest BCUT2D eigenvalue weighted by Gasteiger charge is -2.06. The molecule has 1 heterocycles. The number of rotatable bonds is 5. The minimum atomic E-state index is -0.309. The van der Waals surface area contributed by atoms with E-state index in [4.69, 9.17) is 9.47 Å². The summed E-state index contributed by atoms with van der Waals surface area (Å²) in [4.78, 5) is 11.8. The van der Waals surface area contributed by atoms with Gasteiger partial charge in [-0.25, -0.2) is 5.43 Å². The molecule has 0 saturated heterocycles. The summed E-state index contributed by atoms with van der Waals surface area (Å²) in [6.45, 7) is 2.17. The zero-order valence-corrected chi connectivity index (χ0v) is 13.1. The molecule has 0 aromatic heterocycles. The number of hydrogen-bond donors (Lipinski definition) is 3. The number of benzene rings is 2. The molecule has 1 amide bonds. The second kappa shape index (κ2) is 6.91. The smallest absolute Gasteiger partial charge is 0.259 e. The van der Waals surface area contributed by atoms with Crippen molar-refractivity contribution in [1.29, 1.82) is 0 Å². The summed E-state index contributed by atoms with van der Waals surface area (Å²) in [5, 5.41) is 16.5. The van der Waals surface area contributed by atoms with Crippen LogP contribution in [-0.4, -0.2) is 30.6 Å². The van der Waals surface area contributed by atoms with Crippen LogP contribution in [0.4, 0.5) is 5.69 Å². The Morgan fingerprint density at radius 1 is 1.25 bits per heavy atom. The third-order valence-corrected chi connectivity index (χ3v) is 3.40. The molecule has 3 N–H and O–H groups in total. The average molecular weight is 327 g/mol. The van der Waals surface area contributed by atoms with Crippen molar-refractivity contribution in [1.82, 2.24) is 5.43 Å². The maximum absolute atomic E-state index is 11.8. The van der Waals surface area contributed by atoms with Crippen LogP contribution in [0.1, 0.15) is 11.1 Å². The fourth-order valence-corrected chi connectivity index (χ4v) is 2.18. The fourth-order valence-electron chi connectivity index (χ4n) is 2.18. The van der Waals surface area contributed by atoms with E-state index in [1.807, 2.05) is 6.92 Å². The molecule has 0 saturated carbocycles. The van der Waals surface area contributed by atoms with Gasteiger partial charge in [0.2, 0.25) is 6.79 Å². The number of ether oxygens (including phenoxy) is 2. The average Bonchev–Trinajstić information content (AvgIpc) is 3.04. The number of phenolic OH excluding ortho intramolecular Hbond substituents is 1. The van der Waals surface area contributed by atoms with Crippen molar-refractivity contribution >= 4 is 17.8 Å². The highest BCUT2D eigenvalue weighted by molar-refractivity contribution is 5.86. The molecule has 3 rings (SSSR count). The first kappa shape index (κ1) is 15.7. The van der Waals surface area contributed by atoms with Crippen molar-refractivity contribution in [2.24, 2.45) is 5.10 Å². The molecule has 0 spiro atoms. The molecular formula is C17H17N3O4. The third-order valence-electron chi connectivity index (χ3n) is 3.40. The molecule has 24 heavy (non-hydrogen) atoms. The van der Waals surface area contributed by atoms with Gasteiger partial charge in [-0.2, -0.15) is 5.10 Å². The van der Waals surface area contributed by atoms with E-state index < -0.39 is 0 Å². The maximum Gasteiger partial charge on any atom is 0.259 e. The van der Waals surface area contributed by atoms with E-state index in [0.717, 1.165) is 11.3 Å². The summed E-state index contributed by atoms with van der Waals surface area (Å²) in [6.07, 6.45) is 1.40. The van der Waals surface area contributed by atoms with E-state index in [1.54, 1.807) is 36.4 Å². The van der Waals surface area contributed by atoms with Gasteiger partial charge in [0.1, 0.15) is 5.75 Å². The summed E-state index contributed by atoms with van der Waals surface area (Å²) in [5.74, 6) is 1.13. The Morgan fingerprint density at radius 2 is 2.08 bits per heavy atom. The Morgan fingerprint density at radius 3 is 2.96 bits per heavy atom. The normalized spacial score (nSPS) is 12.4. The molecular weight excluding hydrogens is 310 g/mol. The van der Waals surface area contributed by atoms with Crippen molar-refractivity contribution in [3.8, 4) is 17.2 Å². The monoisotopic (exact) mass is 327 g/mol. The van der Waals surface area contributed by atoms with Crippen molar-refractivity contribution < 1.29 is 19.4 Å². The number of nitrogens with one attached hydrogen (secondary N) is 2. The van der Waals surface area contributed by atoms with Gasteiger partial charge >= 0.3 is 0 Å². The molecule has 124 valence electrons. The molecule has 1 aliphatic rings. The Kier molecular flexibility index (Phi) is 4.51. The van der Waals surface area contributed by atoms with Crippen LogP contribution in [0.2, 0.25) is 0 Å². The first-order valence-electron chi connectivity index (χ1n) is 7.37. The van der Waals surface area contributed by atoms with Crippen LogP contribution in [0.15, 0.2) is 41.5 Å². The van der Waals surface area contributed by atoms with Crippen molar-refractivity contribution in [3.63, 3.8) is 0 Å². The molecule has 0 bridgehead atoms. The Labute approximate surface area is 138 Å². The van der Waals surface area contributed by atoms with Crippen LogP contribution in [-0.2, 0) is 4.79 Å². The molecule has 0 radical (unpaired) electrons. The van der Waals surface area contributed by atoms with Gasteiger partial charge in [0.15, 0.2) is 11.5 Å². The largest absolute Gasteiger partial charge is 0.507 e. The fraction of sp³-hybridized carbons (Fsp3) is 0.176. The standard InChI is InChI=1S/C17H17N3O4/c1-11-2-4-14(21)12(6-11)8-19-20-17(22)9-18-13-3-5-15-16(7-13)24-10-23-15/h2-8,18,21H,9-10H2,1H3,(H,20,22)/b19-8-. The van der Waals surface area contributed by atoms with E-state index in [9.17, 15) is 9.90 Å². The number of fused-ring (bicyclic) bond motifs is 1. The van der Waals surface area contributed by atoms with E-state index in [1.165, 1.54) is 6.21 Å². The highest BCUT2D eigenvalue weighted by atomic mass is 16.7. The molecule has 2 aromatic carbocycles. The molecule has 1 aliphatic heterocycles. The van der Waals surface area contributed by atoms with Crippen LogP contribution in [0.5, 0.6) is 17.2 Å². The molecule has 7 heteroatoms. The highest BCUT2D eigenvalue weighted by Crippen LogP contribution is 2.34. The Bertz CT molecular complexity index is 789. The van der Waals surface area contributed by atoms with Gasteiger partial charge in [-0.1, -0.05) is 11.6 Å². The number of hydrazone groups is 1. The molecule has 0 aliphatic carbocycles. The summed E-state index contributed by atoms with van der Waals surface area (Å²) in [6, 6.07) is 10.5. The van der Waals surface area contributed by atoms with Gasteiger partial charge in [0.25, 0.3) is 5.91 Å². The lowest BCUT2D eigenvalue weighted by atomic mass is 10.1. The van der Waals surface area contributed by atoms with Crippen LogP contribution >= 0.6 is 0 Å². The van der Waals surface area contributed by atoms with E-state index in [0.29, 0.717) is 17.1 Å². The zero-order valence-electron chi connectivity index (χ0n) is 13.1. The number of hydrogen-bond acceptors (Lipinski definition) is 6. The zero-order chi connectivity index (χ0) is 16.9. The van der Waals surface area contributed by atoms with Crippen molar-refractivity contribution in [2.45, 2.75) is 6.92 Å². The van der Waals surface area contributed by atoms with Gasteiger partial charge in [-0.3, -0.25) is 4.79 Å². The first-order valence-corrected chi connectivity index (χ1v) is 7.37. The highest BCUT2D eigenvalue weighted by Gasteiger charge is 2.13. The van der Waals surface area contributed by atoms with Gasteiger partial charge in [0, 0.05) is 17.3 Å². The summed E-state index contributed by atoms with van der Waals surface area (Å²) >= 11 is 0. The number of carbonyl (C=O) groups is 1. The Hall–Kier alpha value is -3.22. The number of nitrogens with zero attached hydrogens (tertiary/aromatic N) is 1. The minimum Gasteiger partial charge on any atom is -0.507 e. The lowest BCUT2D eigenvalue weighted by molar-refractivity contribution is -0.119. The van der Waals surface area contributed by atoms with Crippen molar-refractivity contribution in [3.05, 3.63) is 47.5 Å². The summed E-state index contributed by atoms with van der Waals surface area (Å²) in [7, 11) is 0. The second-order valence-electron chi connectivity index (χ2n) is 5.28. The maximum atomic E-state index is 11.8. The van der Waals surface area contributed by atoms with Gasteiger partial charge < -0.3 is 19.9 Å².